The molecule has 0 fully saturated rings. The Morgan fingerprint density at radius 2 is 2.33 bits per heavy atom. The van der Waals surface area contributed by atoms with E-state index in [2.05, 4.69) is 5.32 Å². The molecule has 1 amide bonds. The molecule has 0 aliphatic carbocycles. The molecule has 0 rings (SSSR count). The second-order valence-electron chi connectivity index (χ2n) is 1.53. The average Bonchev–Trinajstić information content (AvgIpc) is 1.80. The summed E-state index contributed by atoms with van der Waals surface area (Å²) in [6.07, 6.45) is 2.00. The summed E-state index contributed by atoms with van der Waals surface area (Å²) in [5, 5.41) is 10.3. The highest BCUT2D eigenvalue weighted by molar-refractivity contribution is 5.66. The summed E-state index contributed by atoms with van der Waals surface area (Å²) < 4.78 is 0. The Bertz CT molecular complexity index is 102. The van der Waals surface area contributed by atoms with E-state index in [-0.39, 0.29) is 6.42 Å². The molecule has 0 heterocycles. The summed E-state index contributed by atoms with van der Waals surface area (Å²) in [4.78, 5) is 19.3. The second-order valence-corrected chi connectivity index (χ2v) is 1.53. The highest BCUT2D eigenvalue weighted by Crippen LogP contribution is 1.83. The molecule has 4 nitrogen and oxygen atoms in total. The molecule has 0 unspecified atom stereocenters. The Labute approximate surface area is 52.9 Å². The number of carbonyl (C=O) groups is 1. The van der Waals surface area contributed by atoms with Gasteiger partial charge in [0.25, 0.3) is 0 Å². The number of hydrogen-bond acceptors (Lipinski definition) is 2. The molecule has 0 spiro atoms. The van der Waals surface area contributed by atoms with E-state index in [0.717, 1.165) is 0 Å². The summed E-state index contributed by atoms with van der Waals surface area (Å²) >= 11 is 0. The summed E-state index contributed by atoms with van der Waals surface area (Å²) in [5.74, 6) is -0.845. The normalized spacial score (nSPS) is 8.44. The number of rotatable bonds is 5. The molecule has 0 aliphatic heterocycles. The predicted octanol–water partition coefficient (Wildman–Crippen LogP) is -0.492. The van der Waals surface area contributed by atoms with Crippen molar-refractivity contribution in [3.05, 3.63) is 0 Å². The van der Waals surface area contributed by atoms with Gasteiger partial charge in [0, 0.05) is 13.0 Å². The van der Waals surface area contributed by atoms with Crippen LogP contribution in [0.5, 0.6) is 0 Å². The maximum Gasteiger partial charge on any atom is 0.309 e. The third kappa shape index (κ3) is 6.94. The molecule has 0 bridgehead atoms. The number of carboxylic acid groups (broad SMARTS) is 1. The van der Waals surface area contributed by atoms with Gasteiger partial charge in [-0.15, -0.1) is 0 Å². The number of nitrogens with one attached hydrogen (secondary N) is 1. The van der Waals surface area contributed by atoms with Gasteiger partial charge in [0.15, 0.2) is 0 Å². The highest BCUT2D eigenvalue weighted by Gasteiger charge is 1.93. The molecule has 0 atom stereocenters. The third-order valence-corrected chi connectivity index (χ3v) is 0.765. The summed E-state index contributed by atoms with van der Waals surface area (Å²) in [6.45, 7) is 0.385. The third-order valence-electron chi connectivity index (χ3n) is 0.765. The molecule has 0 saturated heterocycles. The van der Waals surface area contributed by atoms with Crippen LogP contribution in [0.25, 0.3) is 0 Å². The molecule has 0 aliphatic rings. The predicted molar refractivity (Wildman–Crippen MR) is 30.6 cm³/mol. The van der Waals surface area contributed by atoms with Gasteiger partial charge in [-0.1, -0.05) is 0 Å². The zero-order valence-corrected chi connectivity index (χ0v) is 4.89. The molecule has 0 aromatic rings. The van der Waals surface area contributed by atoms with Gasteiger partial charge >= 0.3 is 12.4 Å². The van der Waals surface area contributed by atoms with Crippen LogP contribution in [0.3, 0.4) is 0 Å². The van der Waals surface area contributed by atoms with Gasteiger partial charge in [-0.3, -0.25) is 9.59 Å². The van der Waals surface area contributed by atoms with Crippen molar-refractivity contribution in [1.29, 1.82) is 0 Å². The van der Waals surface area contributed by atoms with Crippen molar-refractivity contribution < 1.29 is 14.7 Å². The van der Waals surface area contributed by atoms with E-state index in [0.29, 0.717) is 13.0 Å². The highest BCUT2D eigenvalue weighted by atomic mass is 16.4. The molecule has 0 aromatic carbocycles. The molecule has 4 heteroatoms. The Kier molecular flexibility index (Phi) is 4.49. The summed E-state index contributed by atoms with van der Waals surface area (Å²) in [7, 11) is 0. The number of aliphatic carboxylic acids is 1. The first-order valence-electron chi connectivity index (χ1n) is 2.59. The number of carbonyl (C=O) groups excluding carboxylic acids is 1. The minimum atomic E-state index is -0.845. The van der Waals surface area contributed by atoms with Crippen LogP contribution in [-0.4, -0.2) is 24.0 Å². The van der Waals surface area contributed by atoms with Gasteiger partial charge in [-0.05, 0) is 6.42 Å². The molecule has 0 saturated carbocycles. The summed E-state index contributed by atoms with van der Waals surface area (Å²) in [5.41, 5.74) is 0. The topological polar surface area (TPSA) is 66.4 Å². The van der Waals surface area contributed by atoms with Crippen molar-refractivity contribution in [3.63, 3.8) is 0 Å². The van der Waals surface area contributed by atoms with Crippen LogP contribution < -0.4 is 5.32 Å². The molecular weight excluding hydrogens is 122 g/mol. The lowest BCUT2D eigenvalue weighted by molar-refractivity contribution is -0.137. The van der Waals surface area contributed by atoms with E-state index in [1.807, 2.05) is 0 Å². The summed E-state index contributed by atoms with van der Waals surface area (Å²) in [6, 6.07) is 0. The van der Waals surface area contributed by atoms with Gasteiger partial charge in [-0.25, -0.2) is 0 Å². The van der Waals surface area contributed by atoms with Crippen LogP contribution in [0.1, 0.15) is 12.8 Å². The minimum Gasteiger partial charge on any atom is -0.481 e. The lowest BCUT2D eigenvalue weighted by Crippen LogP contribution is -2.13. The van der Waals surface area contributed by atoms with E-state index in [4.69, 9.17) is 5.11 Å². The van der Waals surface area contributed by atoms with Crippen molar-refractivity contribution in [3.8, 4) is 0 Å². The quantitative estimate of drug-likeness (QED) is 0.389. The van der Waals surface area contributed by atoms with Gasteiger partial charge in [0.2, 0.25) is 0 Å². The second kappa shape index (κ2) is 5.08. The lowest BCUT2D eigenvalue weighted by atomic mass is 10.3. The fourth-order valence-corrected chi connectivity index (χ4v) is 0.379. The first kappa shape index (κ1) is 7.94. The Morgan fingerprint density at radius 3 is 2.78 bits per heavy atom. The van der Waals surface area contributed by atoms with Crippen molar-refractivity contribution in [2.75, 3.05) is 6.54 Å². The van der Waals surface area contributed by atoms with Crippen molar-refractivity contribution in [2.24, 2.45) is 0 Å². The Balaban J connectivity index is 2.91. The molecule has 1 radical (unpaired) electrons. The minimum absolute atomic E-state index is 0.0919. The smallest absolute Gasteiger partial charge is 0.309 e. The van der Waals surface area contributed by atoms with Crippen LogP contribution in [-0.2, 0) is 9.59 Å². The monoisotopic (exact) mass is 130 g/mol. The molecule has 2 N–H and O–H groups in total. The average molecular weight is 130 g/mol. The fourth-order valence-electron chi connectivity index (χ4n) is 0.379. The van der Waals surface area contributed by atoms with Crippen molar-refractivity contribution >= 4 is 12.4 Å². The van der Waals surface area contributed by atoms with E-state index >= 15 is 0 Å². The van der Waals surface area contributed by atoms with E-state index in [1.165, 1.54) is 6.41 Å². The zero-order valence-electron chi connectivity index (χ0n) is 4.89. The fraction of sp³-hybridized carbons (Fsp3) is 0.600. The largest absolute Gasteiger partial charge is 0.481 e. The van der Waals surface area contributed by atoms with Crippen LogP contribution in [0.15, 0.2) is 0 Å². The van der Waals surface area contributed by atoms with Gasteiger partial charge in [0.1, 0.15) is 0 Å². The maximum absolute atomic E-state index is 9.84. The Hall–Kier alpha value is -1.06. The SMILES string of the molecule is O=[C]NCCCC(=O)O. The van der Waals surface area contributed by atoms with Gasteiger partial charge < -0.3 is 10.4 Å². The van der Waals surface area contributed by atoms with Gasteiger partial charge in [-0.2, -0.15) is 0 Å². The number of amides is 1. The van der Waals surface area contributed by atoms with Crippen LogP contribution in [0.2, 0.25) is 0 Å². The molecular formula is C5H8NO3. The van der Waals surface area contributed by atoms with E-state index < -0.39 is 5.97 Å². The van der Waals surface area contributed by atoms with Gasteiger partial charge in [0.05, 0.1) is 0 Å². The first-order chi connectivity index (χ1) is 4.27. The van der Waals surface area contributed by atoms with Crippen LogP contribution in [0, 0.1) is 0 Å². The van der Waals surface area contributed by atoms with Crippen LogP contribution >= 0.6 is 0 Å². The standard InChI is InChI=1S/C5H8NO3/c7-4-6-3-1-2-5(8)9/h1-3H2,(H,6,7)(H,8,9). The van der Waals surface area contributed by atoms with Crippen LogP contribution in [0.4, 0.5) is 0 Å². The first-order valence-corrected chi connectivity index (χ1v) is 2.59. The zero-order chi connectivity index (χ0) is 7.11. The molecule has 0 aromatic heterocycles. The molecule has 9 heavy (non-hydrogen) atoms. The number of carboxylic acids is 1. The van der Waals surface area contributed by atoms with Crippen molar-refractivity contribution in [2.45, 2.75) is 12.8 Å². The maximum atomic E-state index is 9.84. The lowest BCUT2D eigenvalue weighted by Gasteiger charge is -1.92. The van der Waals surface area contributed by atoms with Crippen molar-refractivity contribution in [1.82, 2.24) is 5.32 Å². The Morgan fingerprint density at radius 1 is 1.67 bits per heavy atom. The number of hydrogen-bond donors (Lipinski definition) is 2. The van der Waals surface area contributed by atoms with E-state index in [9.17, 15) is 9.59 Å². The molecule has 51 valence electrons. The van der Waals surface area contributed by atoms with E-state index in [1.54, 1.807) is 0 Å².